The quantitative estimate of drug-likeness (QED) is 0.466. The molecule has 0 aliphatic rings. The third-order valence-electron chi connectivity index (χ3n) is 2.41. The molecule has 0 fully saturated rings. The van der Waals surface area contributed by atoms with Crippen LogP contribution in [0, 0.1) is 0 Å². The van der Waals surface area contributed by atoms with Crippen LogP contribution < -0.4 is 0 Å². The Bertz CT molecular complexity index is 142. The number of unbranched alkanes of at least 4 members (excludes halogenated alkanes) is 1. The molecule has 13 heavy (non-hydrogen) atoms. The number of hydrogen-bond acceptors (Lipinski definition) is 1. The smallest absolute Gasteiger partial charge is 0.0122 e. The van der Waals surface area contributed by atoms with Crippen molar-refractivity contribution in [2.24, 2.45) is 0 Å². The molecule has 0 spiro atoms. The summed E-state index contributed by atoms with van der Waals surface area (Å²) in [7, 11) is 2.20. The fraction of sp³-hybridized carbons (Fsp3) is 0.833. The van der Waals surface area contributed by atoms with Crippen molar-refractivity contribution in [3.63, 3.8) is 0 Å². The van der Waals surface area contributed by atoms with E-state index < -0.39 is 0 Å². The summed E-state index contributed by atoms with van der Waals surface area (Å²) in [6.07, 6.45) is 8.18. The molecular weight excluding hydrogens is 158 g/mol. The highest BCUT2D eigenvalue weighted by Gasteiger charge is 2.15. The standard InChI is InChI=1S/C12H25N/c1-6-7-8-9-10-11-13(5)12(2,3)4/h7-8H,6,9-11H2,1-5H3/b8-7-. The van der Waals surface area contributed by atoms with Crippen molar-refractivity contribution in [3.05, 3.63) is 12.2 Å². The van der Waals surface area contributed by atoms with Crippen LogP contribution in [0.15, 0.2) is 12.2 Å². The molecule has 1 heteroatoms. The van der Waals surface area contributed by atoms with E-state index in [0.29, 0.717) is 5.54 Å². The van der Waals surface area contributed by atoms with Gasteiger partial charge in [-0.1, -0.05) is 19.1 Å². The molecule has 0 atom stereocenters. The molecule has 0 N–H and O–H groups in total. The zero-order chi connectivity index (χ0) is 10.3. The molecule has 0 saturated heterocycles. The van der Waals surface area contributed by atoms with E-state index in [9.17, 15) is 0 Å². The van der Waals surface area contributed by atoms with Crippen LogP contribution in [-0.2, 0) is 0 Å². The van der Waals surface area contributed by atoms with Gasteiger partial charge < -0.3 is 4.90 Å². The molecule has 1 nitrogen and oxygen atoms in total. The van der Waals surface area contributed by atoms with Crippen LogP contribution in [0.4, 0.5) is 0 Å². The van der Waals surface area contributed by atoms with Gasteiger partial charge in [-0.2, -0.15) is 0 Å². The van der Waals surface area contributed by atoms with Gasteiger partial charge >= 0.3 is 0 Å². The van der Waals surface area contributed by atoms with E-state index in [1.165, 1.54) is 19.4 Å². The van der Waals surface area contributed by atoms with Gasteiger partial charge in [0.05, 0.1) is 0 Å². The first-order valence-electron chi connectivity index (χ1n) is 5.34. The van der Waals surface area contributed by atoms with Gasteiger partial charge in [0.25, 0.3) is 0 Å². The molecule has 0 amide bonds. The lowest BCUT2D eigenvalue weighted by Crippen LogP contribution is -2.38. The number of allylic oxidation sites excluding steroid dienone is 2. The number of nitrogens with zero attached hydrogens (tertiary/aromatic N) is 1. The van der Waals surface area contributed by atoms with Crippen LogP contribution in [0.25, 0.3) is 0 Å². The van der Waals surface area contributed by atoms with E-state index in [-0.39, 0.29) is 0 Å². The maximum Gasteiger partial charge on any atom is 0.0122 e. The summed E-state index contributed by atoms with van der Waals surface area (Å²) in [4.78, 5) is 2.41. The predicted molar refractivity (Wildman–Crippen MR) is 61.0 cm³/mol. The van der Waals surface area contributed by atoms with Crippen molar-refractivity contribution in [2.45, 2.75) is 52.5 Å². The Balaban J connectivity index is 3.48. The zero-order valence-corrected chi connectivity index (χ0v) is 9.93. The fourth-order valence-electron chi connectivity index (χ4n) is 1.07. The number of hydrogen-bond donors (Lipinski definition) is 0. The van der Waals surface area contributed by atoms with Gasteiger partial charge in [0.1, 0.15) is 0 Å². The summed E-state index contributed by atoms with van der Waals surface area (Å²) >= 11 is 0. The Morgan fingerprint density at radius 2 is 1.77 bits per heavy atom. The van der Waals surface area contributed by atoms with E-state index in [2.05, 4.69) is 51.8 Å². The molecule has 0 aromatic heterocycles. The summed E-state index contributed by atoms with van der Waals surface area (Å²) < 4.78 is 0. The normalized spacial score (nSPS) is 13.1. The van der Waals surface area contributed by atoms with Gasteiger partial charge in [0.15, 0.2) is 0 Å². The molecule has 0 rings (SSSR count). The lowest BCUT2D eigenvalue weighted by Gasteiger charge is -2.31. The maximum absolute atomic E-state index is 2.41. The van der Waals surface area contributed by atoms with Crippen LogP contribution in [0.3, 0.4) is 0 Å². The minimum Gasteiger partial charge on any atom is -0.302 e. The summed E-state index contributed by atoms with van der Waals surface area (Å²) in [6, 6.07) is 0. The number of rotatable bonds is 5. The van der Waals surface area contributed by atoms with E-state index in [0.717, 1.165) is 6.42 Å². The average molecular weight is 183 g/mol. The van der Waals surface area contributed by atoms with Gasteiger partial charge in [-0.05, 0) is 53.6 Å². The lowest BCUT2D eigenvalue weighted by molar-refractivity contribution is 0.174. The molecule has 78 valence electrons. The molecule has 0 aliphatic heterocycles. The highest BCUT2D eigenvalue weighted by atomic mass is 15.1. The molecule has 0 heterocycles. The molecular formula is C12H25N. The minimum atomic E-state index is 0.314. The van der Waals surface area contributed by atoms with E-state index in [1.807, 2.05) is 0 Å². The first-order valence-corrected chi connectivity index (χ1v) is 5.34. The highest BCUT2D eigenvalue weighted by Crippen LogP contribution is 2.11. The average Bonchev–Trinajstić information content (AvgIpc) is 2.02. The highest BCUT2D eigenvalue weighted by molar-refractivity contribution is 4.81. The van der Waals surface area contributed by atoms with E-state index in [1.54, 1.807) is 0 Å². The van der Waals surface area contributed by atoms with Crippen molar-refractivity contribution in [3.8, 4) is 0 Å². The first-order chi connectivity index (χ1) is 5.98. The third-order valence-corrected chi connectivity index (χ3v) is 2.41. The van der Waals surface area contributed by atoms with Gasteiger partial charge in [-0.3, -0.25) is 0 Å². The van der Waals surface area contributed by atoms with Crippen LogP contribution in [0.1, 0.15) is 47.0 Å². The molecule has 0 aromatic carbocycles. The zero-order valence-electron chi connectivity index (χ0n) is 9.93. The van der Waals surface area contributed by atoms with Gasteiger partial charge in [-0.25, -0.2) is 0 Å². The Morgan fingerprint density at radius 3 is 2.23 bits per heavy atom. The van der Waals surface area contributed by atoms with Gasteiger partial charge in [0.2, 0.25) is 0 Å². The first kappa shape index (κ1) is 12.7. The van der Waals surface area contributed by atoms with Crippen molar-refractivity contribution in [1.82, 2.24) is 4.90 Å². The molecule has 0 radical (unpaired) electrons. The fourth-order valence-corrected chi connectivity index (χ4v) is 1.07. The second kappa shape index (κ2) is 6.20. The monoisotopic (exact) mass is 183 g/mol. The Morgan fingerprint density at radius 1 is 1.15 bits per heavy atom. The summed E-state index contributed by atoms with van der Waals surface area (Å²) in [5.74, 6) is 0. The van der Waals surface area contributed by atoms with Crippen LogP contribution in [-0.4, -0.2) is 24.0 Å². The molecule has 0 aromatic rings. The van der Waals surface area contributed by atoms with Crippen molar-refractivity contribution >= 4 is 0 Å². The van der Waals surface area contributed by atoms with Gasteiger partial charge in [0, 0.05) is 5.54 Å². The van der Waals surface area contributed by atoms with Crippen LogP contribution in [0.5, 0.6) is 0 Å². The molecule has 0 bridgehead atoms. The Hall–Kier alpha value is -0.300. The summed E-state index contributed by atoms with van der Waals surface area (Å²) in [5, 5.41) is 0. The lowest BCUT2D eigenvalue weighted by atomic mass is 10.1. The second-order valence-corrected chi connectivity index (χ2v) is 4.61. The molecule has 0 saturated carbocycles. The van der Waals surface area contributed by atoms with E-state index >= 15 is 0 Å². The minimum absolute atomic E-state index is 0.314. The van der Waals surface area contributed by atoms with Crippen molar-refractivity contribution in [2.75, 3.05) is 13.6 Å². The molecule has 0 aliphatic carbocycles. The van der Waals surface area contributed by atoms with Crippen LogP contribution in [0.2, 0.25) is 0 Å². The Labute approximate surface area is 83.8 Å². The maximum atomic E-state index is 2.41. The topological polar surface area (TPSA) is 3.24 Å². The predicted octanol–water partition coefficient (Wildman–Crippen LogP) is 3.46. The van der Waals surface area contributed by atoms with Crippen molar-refractivity contribution in [1.29, 1.82) is 0 Å². The second-order valence-electron chi connectivity index (χ2n) is 4.61. The van der Waals surface area contributed by atoms with E-state index in [4.69, 9.17) is 0 Å². The Kier molecular flexibility index (Phi) is 6.06. The summed E-state index contributed by atoms with van der Waals surface area (Å²) in [6.45, 7) is 10.1. The third kappa shape index (κ3) is 6.83. The SMILES string of the molecule is CC/C=C\CCCN(C)C(C)(C)C. The summed E-state index contributed by atoms with van der Waals surface area (Å²) in [5.41, 5.74) is 0.314. The molecule has 0 unspecified atom stereocenters. The largest absolute Gasteiger partial charge is 0.302 e. The van der Waals surface area contributed by atoms with Gasteiger partial charge in [-0.15, -0.1) is 0 Å². The van der Waals surface area contributed by atoms with Crippen molar-refractivity contribution < 1.29 is 0 Å². The van der Waals surface area contributed by atoms with Crippen LogP contribution >= 0.6 is 0 Å².